The monoisotopic (exact) mass is 198 g/mol. The molecule has 4 heteroatoms. The molecular formula is C10H18N2O2. The molecule has 4 nitrogen and oxygen atoms in total. The molecule has 0 aromatic carbocycles. The van der Waals surface area contributed by atoms with Crippen LogP contribution in [0.5, 0.6) is 0 Å². The topological polar surface area (TPSA) is 41.6 Å². The summed E-state index contributed by atoms with van der Waals surface area (Å²) < 4.78 is 5.40. The molecule has 2 atom stereocenters. The van der Waals surface area contributed by atoms with Crippen LogP contribution >= 0.6 is 0 Å². The first kappa shape index (κ1) is 9.93. The number of amides is 1. The third kappa shape index (κ3) is 1.91. The van der Waals surface area contributed by atoms with Gasteiger partial charge in [0.15, 0.2) is 0 Å². The Morgan fingerprint density at radius 3 is 3.07 bits per heavy atom. The summed E-state index contributed by atoms with van der Waals surface area (Å²) in [5.74, 6) is 0.191. The number of hydrogen-bond acceptors (Lipinski definition) is 3. The zero-order chi connectivity index (χ0) is 9.97. The molecule has 2 saturated heterocycles. The van der Waals surface area contributed by atoms with E-state index in [-0.39, 0.29) is 12.0 Å². The van der Waals surface area contributed by atoms with Crippen molar-refractivity contribution in [1.82, 2.24) is 10.2 Å². The van der Waals surface area contributed by atoms with Crippen molar-refractivity contribution >= 4 is 5.91 Å². The standard InChI is InChI=1S/C10H18N2O2/c1-8-7-11-4-5-12(8)10(13)9-3-2-6-14-9/h8-9,11H,2-7H2,1H3/t8-,9-/m0/s1. The second-order valence-electron chi connectivity index (χ2n) is 4.09. The van der Waals surface area contributed by atoms with Crippen molar-refractivity contribution in [3.63, 3.8) is 0 Å². The molecule has 2 aliphatic rings. The molecule has 2 aliphatic heterocycles. The lowest BCUT2D eigenvalue weighted by atomic mass is 10.1. The van der Waals surface area contributed by atoms with Gasteiger partial charge >= 0.3 is 0 Å². The highest BCUT2D eigenvalue weighted by atomic mass is 16.5. The second-order valence-corrected chi connectivity index (χ2v) is 4.09. The van der Waals surface area contributed by atoms with Crippen LogP contribution in [0.25, 0.3) is 0 Å². The molecule has 0 unspecified atom stereocenters. The summed E-state index contributed by atoms with van der Waals surface area (Å²) in [6.07, 6.45) is 1.77. The summed E-state index contributed by atoms with van der Waals surface area (Å²) in [6.45, 7) is 5.46. The normalized spacial score (nSPS) is 33.4. The Morgan fingerprint density at radius 1 is 1.57 bits per heavy atom. The largest absolute Gasteiger partial charge is 0.368 e. The maximum atomic E-state index is 12.0. The first-order valence-corrected chi connectivity index (χ1v) is 5.42. The molecule has 0 aliphatic carbocycles. The number of carbonyl (C=O) groups excluding carboxylic acids is 1. The van der Waals surface area contributed by atoms with E-state index >= 15 is 0 Å². The minimum Gasteiger partial charge on any atom is -0.368 e. The molecule has 0 spiro atoms. The lowest BCUT2D eigenvalue weighted by molar-refractivity contribution is -0.143. The van der Waals surface area contributed by atoms with Crippen molar-refractivity contribution in [3.8, 4) is 0 Å². The maximum Gasteiger partial charge on any atom is 0.252 e. The molecule has 0 radical (unpaired) electrons. The molecule has 0 bridgehead atoms. The van der Waals surface area contributed by atoms with Crippen molar-refractivity contribution in [2.45, 2.75) is 31.9 Å². The van der Waals surface area contributed by atoms with Gasteiger partial charge in [-0.1, -0.05) is 0 Å². The van der Waals surface area contributed by atoms with Gasteiger partial charge in [-0.15, -0.1) is 0 Å². The van der Waals surface area contributed by atoms with E-state index in [2.05, 4.69) is 12.2 Å². The van der Waals surface area contributed by atoms with Gasteiger partial charge in [0.25, 0.3) is 5.91 Å². The Balaban J connectivity index is 1.94. The zero-order valence-electron chi connectivity index (χ0n) is 8.66. The van der Waals surface area contributed by atoms with Crippen LogP contribution in [-0.4, -0.2) is 49.2 Å². The predicted octanol–water partition coefficient (Wildman–Crippen LogP) is -0.0143. The Morgan fingerprint density at radius 2 is 2.43 bits per heavy atom. The van der Waals surface area contributed by atoms with Crippen LogP contribution in [-0.2, 0) is 9.53 Å². The third-order valence-corrected chi connectivity index (χ3v) is 2.99. The number of ether oxygens (including phenoxy) is 1. The first-order chi connectivity index (χ1) is 6.79. The van der Waals surface area contributed by atoms with Crippen molar-refractivity contribution in [2.75, 3.05) is 26.2 Å². The van der Waals surface area contributed by atoms with E-state index in [1.807, 2.05) is 4.90 Å². The lowest BCUT2D eigenvalue weighted by Crippen LogP contribution is -2.54. The Kier molecular flexibility index (Phi) is 3.03. The second kappa shape index (κ2) is 4.28. The van der Waals surface area contributed by atoms with E-state index in [4.69, 9.17) is 4.74 Å². The van der Waals surface area contributed by atoms with E-state index in [0.29, 0.717) is 6.04 Å². The van der Waals surface area contributed by atoms with Crippen molar-refractivity contribution in [3.05, 3.63) is 0 Å². The van der Waals surface area contributed by atoms with E-state index in [1.165, 1.54) is 0 Å². The highest BCUT2D eigenvalue weighted by Crippen LogP contribution is 2.16. The number of piperazine rings is 1. The van der Waals surface area contributed by atoms with Crippen LogP contribution in [0, 0.1) is 0 Å². The summed E-state index contributed by atoms with van der Waals surface area (Å²) in [7, 11) is 0. The van der Waals surface area contributed by atoms with Gasteiger partial charge < -0.3 is 15.0 Å². The highest BCUT2D eigenvalue weighted by Gasteiger charge is 2.31. The molecule has 0 aromatic heterocycles. The molecule has 2 heterocycles. The van der Waals surface area contributed by atoms with Crippen LogP contribution in [0.15, 0.2) is 0 Å². The van der Waals surface area contributed by atoms with Crippen molar-refractivity contribution in [2.24, 2.45) is 0 Å². The summed E-state index contributed by atoms with van der Waals surface area (Å²) in [5, 5.41) is 3.28. The van der Waals surface area contributed by atoms with Crippen LogP contribution in [0.2, 0.25) is 0 Å². The van der Waals surface area contributed by atoms with Gasteiger partial charge in [0, 0.05) is 32.3 Å². The van der Waals surface area contributed by atoms with Gasteiger partial charge in [-0.25, -0.2) is 0 Å². The molecule has 0 aromatic rings. The molecule has 2 rings (SSSR count). The summed E-state index contributed by atoms with van der Waals surface area (Å²) in [4.78, 5) is 13.9. The quantitative estimate of drug-likeness (QED) is 0.644. The van der Waals surface area contributed by atoms with Crippen LogP contribution in [0.3, 0.4) is 0 Å². The molecule has 1 N–H and O–H groups in total. The van der Waals surface area contributed by atoms with Gasteiger partial charge in [0.2, 0.25) is 0 Å². The van der Waals surface area contributed by atoms with E-state index in [0.717, 1.165) is 39.1 Å². The number of rotatable bonds is 1. The fourth-order valence-electron chi connectivity index (χ4n) is 2.13. The summed E-state index contributed by atoms with van der Waals surface area (Å²) in [5.41, 5.74) is 0. The summed E-state index contributed by atoms with van der Waals surface area (Å²) in [6, 6.07) is 0.306. The number of nitrogens with zero attached hydrogens (tertiary/aromatic N) is 1. The predicted molar refractivity (Wildman–Crippen MR) is 53.0 cm³/mol. The van der Waals surface area contributed by atoms with E-state index < -0.39 is 0 Å². The van der Waals surface area contributed by atoms with E-state index in [9.17, 15) is 4.79 Å². The Labute approximate surface area is 84.6 Å². The van der Waals surface area contributed by atoms with Gasteiger partial charge in [0.1, 0.15) is 6.10 Å². The molecule has 14 heavy (non-hydrogen) atoms. The molecule has 2 fully saturated rings. The third-order valence-electron chi connectivity index (χ3n) is 2.99. The smallest absolute Gasteiger partial charge is 0.252 e. The van der Waals surface area contributed by atoms with Crippen LogP contribution in [0.1, 0.15) is 19.8 Å². The maximum absolute atomic E-state index is 12.0. The summed E-state index contributed by atoms with van der Waals surface area (Å²) >= 11 is 0. The minimum atomic E-state index is -0.157. The molecule has 80 valence electrons. The Bertz CT molecular complexity index is 214. The molecule has 0 saturated carbocycles. The fourth-order valence-corrected chi connectivity index (χ4v) is 2.13. The van der Waals surface area contributed by atoms with Crippen molar-refractivity contribution in [1.29, 1.82) is 0 Å². The SMILES string of the molecule is C[C@H]1CNCCN1C(=O)[C@@H]1CCCO1. The number of carbonyl (C=O) groups is 1. The van der Waals surface area contributed by atoms with Gasteiger partial charge in [0.05, 0.1) is 0 Å². The van der Waals surface area contributed by atoms with Crippen LogP contribution < -0.4 is 5.32 Å². The van der Waals surface area contributed by atoms with E-state index in [1.54, 1.807) is 0 Å². The van der Waals surface area contributed by atoms with Crippen molar-refractivity contribution < 1.29 is 9.53 Å². The van der Waals surface area contributed by atoms with Crippen LogP contribution in [0.4, 0.5) is 0 Å². The molecule has 1 amide bonds. The average Bonchev–Trinajstić information content (AvgIpc) is 2.70. The number of nitrogens with one attached hydrogen (secondary N) is 1. The van der Waals surface area contributed by atoms with Gasteiger partial charge in [-0.05, 0) is 19.8 Å². The van der Waals surface area contributed by atoms with Gasteiger partial charge in [-0.3, -0.25) is 4.79 Å². The first-order valence-electron chi connectivity index (χ1n) is 5.42. The zero-order valence-corrected chi connectivity index (χ0v) is 8.66. The number of hydrogen-bond donors (Lipinski definition) is 1. The fraction of sp³-hybridized carbons (Fsp3) is 0.900. The lowest BCUT2D eigenvalue weighted by Gasteiger charge is -2.35. The highest BCUT2D eigenvalue weighted by molar-refractivity contribution is 5.81. The Hall–Kier alpha value is -0.610. The molecular weight excluding hydrogens is 180 g/mol. The minimum absolute atomic E-state index is 0.157. The average molecular weight is 198 g/mol. The van der Waals surface area contributed by atoms with Gasteiger partial charge in [-0.2, -0.15) is 0 Å².